The van der Waals surface area contributed by atoms with Crippen LogP contribution in [0.2, 0.25) is 0 Å². The van der Waals surface area contributed by atoms with Gasteiger partial charge in [-0.1, -0.05) is 19.9 Å². The number of primary sulfonamides is 1. The van der Waals surface area contributed by atoms with Gasteiger partial charge in [0.1, 0.15) is 5.75 Å². The Bertz CT molecular complexity index is 680. The Kier molecular flexibility index (Phi) is 5.77. The zero-order valence-corrected chi connectivity index (χ0v) is 13.9. The summed E-state index contributed by atoms with van der Waals surface area (Å²) < 4.78 is 50.8. The third-order valence-corrected chi connectivity index (χ3v) is 5.09. The van der Waals surface area contributed by atoms with Crippen LogP contribution in [0.5, 0.6) is 5.75 Å². The van der Waals surface area contributed by atoms with E-state index in [-0.39, 0.29) is 29.1 Å². The lowest BCUT2D eigenvalue weighted by molar-refractivity contribution is 0.224. The second-order valence-corrected chi connectivity index (χ2v) is 9.07. The van der Waals surface area contributed by atoms with Crippen molar-refractivity contribution in [1.29, 1.82) is 0 Å². The smallest absolute Gasteiger partial charge is 0.209 e. The molecule has 6 nitrogen and oxygen atoms in total. The topological polar surface area (TPSA) is 104 Å². The first-order valence-electron chi connectivity index (χ1n) is 6.42. The van der Waals surface area contributed by atoms with E-state index in [4.69, 9.17) is 9.88 Å². The molecule has 0 aliphatic heterocycles. The van der Waals surface area contributed by atoms with Crippen LogP contribution in [0, 0.1) is 11.8 Å². The summed E-state index contributed by atoms with van der Waals surface area (Å²) in [6.45, 7) is 3.92. The summed E-state index contributed by atoms with van der Waals surface area (Å²) in [5, 5.41) is 5.06. The lowest BCUT2D eigenvalue weighted by atomic mass is 9.99. The number of sulfone groups is 1. The van der Waals surface area contributed by atoms with Crippen LogP contribution in [-0.4, -0.2) is 35.5 Å². The van der Waals surface area contributed by atoms with Crippen LogP contribution in [-0.2, 0) is 19.9 Å². The van der Waals surface area contributed by atoms with Gasteiger partial charge in [-0.2, -0.15) is 0 Å². The summed E-state index contributed by atoms with van der Waals surface area (Å²) in [6, 6.07) is 6.11. The summed E-state index contributed by atoms with van der Waals surface area (Å²) >= 11 is 0. The van der Waals surface area contributed by atoms with E-state index in [0.717, 1.165) is 6.26 Å². The van der Waals surface area contributed by atoms with E-state index in [1.54, 1.807) is 12.1 Å². The molecule has 1 aromatic carbocycles. The molecule has 120 valence electrons. The highest BCUT2D eigenvalue weighted by atomic mass is 32.2. The second kappa shape index (κ2) is 6.76. The van der Waals surface area contributed by atoms with Crippen molar-refractivity contribution in [1.82, 2.24) is 0 Å². The third kappa shape index (κ3) is 6.45. The van der Waals surface area contributed by atoms with Gasteiger partial charge in [0.2, 0.25) is 10.0 Å². The minimum absolute atomic E-state index is 0.0708. The third-order valence-electron chi connectivity index (χ3n) is 3.09. The lowest BCUT2D eigenvalue weighted by Gasteiger charge is -2.20. The number of ether oxygens (including phenoxy) is 1. The Balaban J connectivity index is 2.82. The van der Waals surface area contributed by atoms with Crippen LogP contribution in [0.3, 0.4) is 0 Å². The van der Waals surface area contributed by atoms with Gasteiger partial charge in [0.05, 0.1) is 17.3 Å². The molecule has 0 bridgehead atoms. The quantitative estimate of drug-likeness (QED) is 0.801. The fourth-order valence-corrected chi connectivity index (χ4v) is 3.46. The lowest BCUT2D eigenvalue weighted by Crippen LogP contribution is -2.30. The van der Waals surface area contributed by atoms with Crippen molar-refractivity contribution >= 4 is 19.9 Å². The van der Waals surface area contributed by atoms with Gasteiger partial charge in [-0.15, -0.1) is 0 Å². The Hall–Kier alpha value is -1.12. The number of rotatable bonds is 7. The molecule has 0 heterocycles. The molecule has 21 heavy (non-hydrogen) atoms. The molecule has 0 amide bonds. The molecule has 0 radical (unpaired) electrons. The van der Waals surface area contributed by atoms with Crippen molar-refractivity contribution in [3.05, 3.63) is 24.3 Å². The monoisotopic (exact) mass is 335 g/mol. The number of sulfonamides is 1. The van der Waals surface area contributed by atoms with Gasteiger partial charge in [0.25, 0.3) is 0 Å². The fraction of sp³-hybridized carbons (Fsp3) is 0.538. The maximum absolute atomic E-state index is 11.5. The molecule has 0 fully saturated rings. The van der Waals surface area contributed by atoms with Crippen molar-refractivity contribution in [2.24, 2.45) is 17.0 Å². The first-order chi connectivity index (χ1) is 9.49. The Labute approximate surface area is 126 Å². The first kappa shape index (κ1) is 17.9. The zero-order valence-electron chi connectivity index (χ0n) is 12.3. The maximum Gasteiger partial charge on any atom is 0.209 e. The summed E-state index contributed by atoms with van der Waals surface area (Å²) in [7, 11) is -6.88. The van der Waals surface area contributed by atoms with Gasteiger partial charge < -0.3 is 4.74 Å². The van der Waals surface area contributed by atoms with Gasteiger partial charge in [-0.05, 0) is 24.1 Å². The number of benzene rings is 1. The van der Waals surface area contributed by atoms with Crippen LogP contribution < -0.4 is 9.88 Å². The average Bonchev–Trinajstić information content (AvgIpc) is 2.32. The molecular weight excluding hydrogens is 314 g/mol. The Morgan fingerprint density at radius 3 is 2.29 bits per heavy atom. The van der Waals surface area contributed by atoms with Crippen LogP contribution in [0.1, 0.15) is 13.8 Å². The molecule has 2 N–H and O–H groups in total. The molecule has 0 saturated carbocycles. The largest absolute Gasteiger partial charge is 0.493 e. The molecule has 0 aliphatic carbocycles. The van der Waals surface area contributed by atoms with E-state index in [1.165, 1.54) is 12.1 Å². The van der Waals surface area contributed by atoms with Gasteiger partial charge in [0, 0.05) is 12.2 Å². The van der Waals surface area contributed by atoms with Crippen molar-refractivity contribution in [2.45, 2.75) is 18.7 Å². The molecule has 1 unspecified atom stereocenters. The first-order valence-corrected chi connectivity index (χ1v) is 10.0. The minimum atomic E-state index is -3.58. The van der Waals surface area contributed by atoms with E-state index in [0.29, 0.717) is 5.75 Å². The Morgan fingerprint density at radius 1 is 1.19 bits per heavy atom. The highest BCUT2D eigenvalue weighted by Crippen LogP contribution is 2.20. The van der Waals surface area contributed by atoms with Crippen LogP contribution in [0.4, 0.5) is 0 Å². The molecule has 1 atom stereocenters. The van der Waals surface area contributed by atoms with E-state index in [2.05, 4.69) is 0 Å². The molecule has 0 aliphatic rings. The van der Waals surface area contributed by atoms with Crippen molar-refractivity contribution in [2.75, 3.05) is 18.6 Å². The highest BCUT2D eigenvalue weighted by Gasteiger charge is 2.20. The average molecular weight is 335 g/mol. The minimum Gasteiger partial charge on any atom is -0.493 e. The van der Waals surface area contributed by atoms with Crippen LogP contribution >= 0.6 is 0 Å². The van der Waals surface area contributed by atoms with Gasteiger partial charge in [0.15, 0.2) is 9.84 Å². The Morgan fingerprint density at radius 2 is 1.81 bits per heavy atom. The molecule has 0 saturated heterocycles. The van der Waals surface area contributed by atoms with Crippen molar-refractivity contribution in [3.8, 4) is 5.75 Å². The fourth-order valence-electron chi connectivity index (χ4n) is 1.73. The van der Waals surface area contributed by atoms with Gasteiger partial charge >= 0.3 is 0 Å². The summed E-state index contributed by atoms with van der Waals surface area (Å²) in [6.07, 6.45) is 1.12. The molecule has 8 heteroatoms. The summed E-state index contributed by atoms with van der Waals surface area (Å²) in [4.78, 5) is 0.160. The second-order valence-electron chi connectivity index (χ2n) is 5.39. The number of nitrogens with two attached hydrogens (primary N) is 1. The summed E-state index contributed by atoms with van der Waals surface area (Å²) in [5.41, 5.74) is 0. The molecule has 0 spiro atoms. The molecule has 1 aromatic rings. The summed E-state index contributed by atoms with van der Waals surface area (Å²) in [5.74, 6) is 0.0254. The normalized spacial score (nSPS) is 14.1. The SMILES string of the molecule is CC(C)C(COc1cccc(S(C)(=O)=O)c1)CS(N)(=O)=O. The standard InChI is InChI=1S/C13H21NO5S2/c1-10(2)11(9-21(14,17)18)8-19-12-5-4-6-13(7-12)20(3,15)16/h4-7,10-11H,8-9H2,1-3H3,(H2,14,17,18). The van der Waals surface area contributed by atoms with E-state index < -0.39 is 19.9 Å². The molecular formula is C13H21NO5S2. The van der Waals surface area contributed by atoms with E-state index >= 15 is 0 Å². The van der Waals surface area contributed by atoms with Crippen LogP contribution in [0.15, 0.2) is 29.2 Å². The number of hydrogen-bond acceptors (Lipinski definition) is 5. The van der Waals surface area contributed by atoms with Gasteiger partial charge in [-0.3, -0.25) is 0 Å². The van der Waals surface area contributed by atoms with E-state index in [1.807, 2.05) is 13.8 Å². The predicted octanol–water partition coefficient (Wildman–Crippen LogP) is 1.03. The highest BCUT2D eigenvalue weighted by molar-refractivity contribution is 7.90. The predicted molar refractivity (Wildman–Crippen MR) is 81.3 cm³/mol. The van der Waals surface area contributed by atoms with Crippen molar-refractivity contribution in [3.63, 3.8) is 0 Å². The van der Waals surface area contributed by atoms with Crippen molar-refractivity contribution < 1.29 is 21.6 Å². The zero-order chi connectivity index (χ0) is 16.3. The number of hydrogen-bond donors (Lipinski definition) is 1. The van der Waals surface area contributed by atoms with Gasteiger partial charge in [-0.25, -0.2) is 22.0 Å². The maximum atomic E-state index is 11.5. The van der Waals surface area contributed by atoms with Crippen LogP contribution in [0.25, 0.3) is 0 Å². The molecule has 1 rings (SSSR count). The van der Waals surface area contributed by atoms with E-state index in [9.17, 15) is 16.8 Å². The molecule has 0 aromatic heterocycles.